The first-order valence-corrected chi connectivity index (χ1v) is 12.0. The lowest BCUT2D eigenvalue weighted by Crippen LogP contribution is -2.32. The van der Waals surface area contributed by atoms with E-state index in [9.17, 15) is 19.8 Å². The van der Waals surface area contributed by atoms with Crippen molar-refractivity contribution in [2.45, 2.75) is 31.9 Å². The summed E-state index contributed by atoms with van der Waals surface area (Å²) in [5.74, 6) is -0.862. The number of aliphatic carboxylic acids is 1. The van der Waals surface area contributed by atoms with Gasteiger partial charge in [0, 0.05) is 6.54 Å². The highest BCUT2D eigenvalue weighted by molar-refractivity contribution is 5.78. The van der Waals surface area contributed by atoms with Gasteiger partial charge in [-0.15, -0.1) is 5.10 Å². The predicted octanol–water partition coefficient (Wildman–Crippen LogP) is 3.56. The number of aliphatic hydroxyl groups excluding tert-OH is 1. The lowest BCUT2D eigenvalue weighted by molar-refractivity contribution is -0.146. The number of carboxylic acids is 1. The second kappa shape index (κ2) is 11.7. The summed E-state index contributed by atoms with van der Waals surface area (Å²) in [6, 6.07) is 20.6. The Balaban J connectivity index is 1.38. The highest BCUT2D eigenvalue weighted by atomic mass is 16.5. The molecular weight excluding hydrogens is 474 g/mol. The number of hydrogen-bond donors (Lipinski definition) is 2. The molecule has 0 saturated carbocycles. The van der Waals surface area contributed by atoms with Gasteiger partial charge in [0.2, 0.25) is 0 Å². The molecule has 0 aliphatic heterocycles. The number of aromatic nitrogens is 3. The molecule has 1 heterocycles. The molecule has 2 N–H and O–H groups in total. The Kier molecular flexibility index (Phi) is 8.15. The maximum atomic E-state index is 12.8. The van der Waals surface area contributed by atoms with E-state index in [4.69, 9.17) is 9.47 Å². The number of nitrogens with zero attached hydrogens (tertiary/aromatic N) is 3. The minimum absolute atomic E-state index is 0.0174. The van der Waals surface area contributed by atoms with Crippen LogP contribution in [0.3, 0.4) is 0 Å². The Hall–Kier alpha value is -4.24. The molecule has 3 aromatic carbocycles. The van der Waals surface area contributed by atoms with Crippen molar-refractivity contribution >= 4 is 16.9 Å². The fourth-order valence-corrected chi connectivity index (χ4v) is 4.23. The number of methoxy groups -OCH3 is 2. The van der Waals surface area contributed by atoms with Crippen LogP contribution in [0.4, 0.5) is 0 Å². The second-order valence-electron chi connectivity index (χ2n) is 8.77. The molecule has 0 radical (unpaired) electrons. The van der Waals surface area contributed by atoms with Crippen molar-refractivity contribution < 1.29 is 24.5 Å². The number of carbonyl (C=O) groups is 1. The van der Waals surface area contributed by atoms with Crippen LogP contribution in [0.1, 0.15) is 18.4 Å². The van der Waals surface area contributed by atoms with Crippen molar-refractivity contribution in [3.8, 4) is 22.6 Å². The topological polar surface area (TPSA) is 124 Å². The van der Waals surface area contributed by atoms with Crippen molar-refractivity contribution in [3.63, 3.8) is 0 Å². The average molecular weight is 504 g/mol. The molecule has 0 amide bonds. The van der Waals surface area contributed by atoms with Crippen LogP contribution in [0.25, 0.3) is 22.0 Å². The number of benzene rings is 3. The monoisotopic (exact) mass is 503 g/mol. The summed E-state index contributed by atoms with van der Waals surface area (Å²) >= 11 is 0. The van der Waals surface area contributed by atoms with Gasteiger partial charge in [0.1, 0.15) is 17.0 Å². The first kappa shape index (κ1) is 25.8. The molecule has 0 fully saturated rings. The molecule has 192 valence electrons. The van der Waals surface area contributed by atoms with Gasteiger partial charge in [-0.1, -0.05) is 41.6 Å². The summed E-state index contributed by atoms with van der Waals surface area (Å²) in [5.41, 5.74) is 3.14. The molecule has 9 heteroatoms. The van der Waals surface area contributed by atoms with Gasteiger partial charge in [0.05, 0.1) is 31.6 Å². The van der Waals surface area contributed by atoms with Crippen LogP contribution in [0.2, 0.25) is 0 Å². The average Bonchev–Trinajstić information content (AvgIpc) is 2.93. The van der Waals surface area contributed by atoms with Gasteiger partial charge in [0.15, 0.2) is 0 Å². The van der Waals surface area contributed by atoms with E-state index in [0.29, 0.717) is 23.1 Å². The van der Waals surface area contributed by atoms with Gasteiger partial charge in [-0.2, -0.15) is 0 Å². The first-order valence-electron chi connectivity index (χ1n) is 12.0. The molecule has 0 bridgehead atoms. The Morgan fingerprint density at radius 2 is 1.54 bits per heavy atom. The molecule has 0 aliphatic carbocycles. The van der Waals surface area contributed by atoms with Gasteiger partial charge >= 0.3 is 5.97 Å². The molecule has 4 rings (SSSR count). The first-order chi connectivity index (χ1) is 17.9. The Bertz CT molecular complexity index is 1420. The summed E-state index contributed by atoms with van der Waals surface area (Å²) in [6.45, 7) is 0.0174. The van der Waals surface area contributed by atoms with Crippen molar-refractivity contribution in [3.05, 3.63) is 82.6 Å². The number of rotatable bonds is 11. The third-order valence-electron chi connectivity index (χ3n) is 6.47. The highest BCUT2D eigenvalue weighted by Crippen LogP contribution is 2.24. The molecule has 0 spiro atoms. The molecule has 37 heavy (non-hydrogen) atoms. The van der Waals surface area contributed by atoms with Crippen molar-refractivity contribution in [1.29, 1.82) is 0 Å². The summed E-state index contributed by atoms with van der Waals surface area (Å²) < 4.78 is 11.5. The van der Waals surface area contributed by atoms with Crippen LogP contribution in [0.15, 0.2) is 71.5 Å². The molecule has 2 atom stereocenters. The van der Waals surface area contributed by atoms with Crippen molar-refractivity contribution in [2.75, 3.05) is 14.2 Å². The molecule has 9 nitrogen and oxygen atoms in total. The van der Waals surface area contributed by atoms with E-state index in [1.54, 1.807) is 25.3 Å². The molecule has 4 aromatic rings. The Morgan fingerprint density at radius 3 is 2.16 bits per heavy atom. The van der Waals surface area contributed by atoms with Crippen LogP contribution in [0.5, 0.6) is 11.5 Å². The SMILES string of the molecule is COc1ccc(-c2ccc(CC[C@@H](O)[C@H](CCn3nnc4ccc(OC)cc4c3=O)C(=O)O)cc2)cc1. The number of aliphatic hydroxyl groups is 1. The second-order valence-corrected chi connectivity index (χ2v) is 8.77. The van der Waals surface area contributed by atoms with Crippen LogP contribution in [0, 0.1) is 5.92 Å². The predicted molar refractivity (Wildman–Crippen MR) is 139 cm³/mol. The van der Waals surface area contributed by atoms with Crippen LogP contribution < -0.4 is 15.0 Å². The molecule has 0 saturated heterocycles. The summed E-state index contributed by atoms with van der Waals surface area (Å²) in [6.07, 6.45) is -0.253. The number of fused-ring (bicyclic) bond motifs is 1. The third-order valence-corrected chi connectivity index (χ3v) is 6.47. The molecule has 0 unspecified atom stereocenters. The summed E-state index contributed by atoms with van der Waals surface area (Å²) in [7, 11) is 3.13. The normalized spacial score (nSPS) is 12.7. The largest absolute Gasteiger partial charge is 0.497 e. The number of aryl methyl sites for hydroxylation is 2. The maximum Gasteiger partial charge on any atom is 0.309 e. The molecule has 0 aliphatic rings. The summed E-state index contributed by atoms with van der Waals surface area (Å²) in [4.78, 5) is 24.7. The number of carboxylic acid groups (broad SMARTS) is 1. The standard InChI is InChI=1S/C28H29N3O6/c1-36-21-10-8-20(9-11-21)19-6-3-18(4-7-19)5-14-26(32)23(28(34)35)15-16-31-27(33)24-17-22(37-2)12-13-25(24)29-30-31/h3-4,6-13,17,23,26,32H,5,14-16H2,1-2H3,(H,34,35)/t23-,26+/m0/s1. The van der Waals surface area contributed by atoms with Gasteiger partial charge in [-0.05, 0) is 66.3 Å². The molecule has 1 aromatic heterocycles. The van der Waals surface area contributed by atoms with E-state index in [-0.39, 0.29) is 24.9 Å². The van der Waals surface area contributed by atoms with Gasteiger partial charge < -0.3 is 19.7 Å². The smallest absolute Gasteiger partial charge is 0.309 e. The zero-order valence-corrected chi connectivity index (χ0v) is 20.7. The van der Waals surface area contributed by atoms with Gasteiger partial charge in [-0.25, -0.2) is 4.68 Å². The van der Waals surface area contributed by atoms with Gasteiger partial charge in [-0.3, -0.25) is 9.59 Å². The van der Waals surface area contributed by atoms with E-state index in [1.807, 2.05) is 48.5 Å². The van der Waals surface area contributed by atoms with Crippen LogP contribution in [-0.4, -0.2) is 51.5 Å². The van der Waals surface area contributed by atoms with Crippen LogP contribution >= 0.6 is 0 Å². The highest BCUT2D eigenvalue weighted by Gasteiger charge is 2.26. The van der Waals surface area contributed by atoms with Crippen molar-refractivity contribution in [1.82, 2.24) is 15.0 Å². The maximum absolute atomic E-state index is 12.8. The lowest BCUT2D eigenvalue weighted by Gasteiger charge is -2.19. The third kappa shape index (κ3) is 6.13. The number of ether oxygens (including phenoxy) is 2. The molecular formula is C28H29N3O6. The van der Waals surface area contributed by atoms with E-state index < -0.39 is 18.0 Å². The van der Waals surface area contributed by atoms with Crippen LogP contribution in [-0.2, 0) is 17.8 Å². The summed E-state index contributed by atoms with van der Waals surface area (Å²) in [5, 5.41) is 28.7. The van der Waals surface area contributed by atoms with E-state index in [1.165, 1.54) is 7.11 Å². The lowest BCUT2D eigenvalue weighted by atomic mass is 9.93. The fourth-order valence-electron chi connectivity index (χ4n) is 4.23. The fraction of sp³-hybridized carbons (Fsp3) is 0.286. The zero-order chi connectivity index (χ0) is 26.4. The Morgan fingerprint density at radius 1 is 0.919 bits per heavy atom. The van der Waals surface area contributed by atoms with Crippen molar-refractivity contribution in [2.24, 2.45) is 5.92 Å². The zero-order valence-electron chi connectivity index (χ0n) is 20.7. The minimum Gasteiger partial charge on any atom is -0.497 e. The van der Waals surface area contributed by atoms with E-state index in [2.05, 4.69) is 10.3 Å². The number of hydrogen-bond acceptors (Lipinski definition) is 7. The van der Waals surface area contributed by atoms with Gasteiger partial charge in [0.25, 0.3) is 5.56 Å². The Labute approximate surface area is 213 Å². The minimum atomic E-state index is -1.12. The quantitative estimate of drug-likeness (QED) is 0.318. The van der Waals surface area contributed by atoms with E-state index >= 15 is 0 Å². The van der Waals surface area contributed by atoms with E-state index in [0.717, 1.165) is 27.1 Å².